The van der Waals surface area contributed by atoms with Gasteiger partial charge >= 0.3 is 23.9 Å². The summed E-state index contributed by atoms with van der Waals surface area (Å²) >= 11 is 0. The van der Waals surface area contributed by atoms with E-state index in [1.54, 1.807) is 0 Å². The van der Waals surface area contributed by atoms with Crippen molar-refractivity contribution in [3.05, 3.63) is 0 Å². The third-order valence-corrected chi connectivity index (χ3v) is 2.57. The van der Waals surface area contributed by atoms with Crippen LogP contribution in [0.25, 0.3) is 0 Å². The third kappa shape index (κ3) is 2.18. The molecular formula is C8H9NO8. The Morgan fingerprint density at radius 1 is 0.647 bits per heavy atom. The van der Waals surface area contributed by atoms with E-state index in [1.807, 2.05) is 5.32 Å². The minimum absolute atomic E-state index is 1.60. The fourth-order valence-electron chi connectivity index (χ4n) is 1.86. The minimum Gasteiger partial charge on any atom is -0.481 e. The second-order valence-corrected chi connectivity index (χ2v) is 3.53. The average molecular weight is 247 g/mol. The van der Waals surface area contributed by atoms with Crippen molar-refractivity contribution in [2.75, 3.05) is 0 Å². The van der Waals surface area contributed by atoms with Gasteiger partial charge in [-0.3, -0.25) is 24.5 Å². The normalized spacial score (nSPS) is 32.0. The number of aliphatic carboxylic acids is 4. The summed E-state index contributed by atoms with van der Waals surface area (Å²) < 4.78 is 0. The van der Waals surface area contributed by atoms with E-state index in [0.29, 0.717) is 0 Å². The first-order valence-corrected chi connectivity index (χ1v) is 4.44. The van der Waals surface area contributed by atoms with Crippen molar-refractivity contribution in [2.24, 2.45) is 11.8 Å². The lowest BCUT2D eigenvalue weighted by atomic mass is 9.87. The topological polar surface area (TPSA) is 161 Å². The van der Waals surface area contributed by atoms with Gasteiger partial charge in [-0.1, -0.05) is 0 Å². The van der Waals surface area contributed by atoms with Gasteiger partial charge in [-0.25, -0.2) is 0 Å². The lowest BCUT2D eigenvalue weighted by molar-refractivity contribution is -0.157. The standard InChI is InChI=1S/C8H9NO8/c10-5(11)1-2(6(12)13)4(8(16)17)9-3(1)7(14)15/h1-4,9H,(H,10,11)(H,12,13)(H,14,15)(H,16,17)/t1-,2-,3-,4-/m0/s1. The zero-order valence-corrected chi connectivity index (χ0v) is 8.23. The molecule has 1 rings (SSSR count). The smallest absolute Gasteiger partial charge is 0.321 e. The van der Waals surface area contributed by atoms with E-state index in [-0.39, 0.29) is 0 Å². The Hall–Kier alpha value is -2.16. The number of carbonyl (C=O) groups is 4. The summed E-state index contributed by atoms with van der Waals surface area (Å²) in [5, 5.41) is 37.0. The van der Waals surface area contributed by atoms with Gasteiger partial charge < -0.3 is 20.4 Å². The third-order valence-electron chi connectivity index (χ3n) is 2.57. The van der Waals surface area contributed by atoms with Crippen LogP contribution in [0.2, 0.25) is 0 Å². The maximum absolute atomic E-state index is 10.8. The molecule has 1 aliphatic rings. The Morgan fingerprint density at radius 3 is 1.12 bits per heavy atom. The summed E-state index contributed by atoms with van der Waals surface area (Å²) in [6, 6.07) is -3.48. The summed E-state index contributed by atoms with van der Waals surface area (Å²) in [5.74, 6) is -10.2. The second-order valence-electron chi connectivity index (χ2n) is 3.53. The van der Waals surface area contributed by atoms with E-state index in [9.17, 15) is 19.2 Å². The highest BCUT2D eigenvalue weighted by Crippen LogP contribution is 2.29. The molecule has 17 heavy (non-hydrogen) atoms. The van der Waals surface area contributed by atoms with Crippen molar-refractivity contribution in [2.45, 2.75) is 12.1 Å². The fourth-order valence-corrected chi connectivity index (χ4v) is 1.86. The number of hydrogen-bond acceptors (Lipinski definition) is 5. The Labute approximate surface area is 93.7 Å². The fraction of sp³-hybridized carbons (Fsp3) is 0.500. The van der Waals surface area contributed by atoms with E-state index >= 15 is 0 Å². The summed E-state index contributed by atoms with van der Waals surface area (Å²) in [7, 11) is 0. The van der Waals surface area contributed by atoms with Gasteiger partial charge in [-0.15, -0.1) is 0 Å². The molecule has 9 heteroatoms. The van der Waals surface area contributed by atoms with Crippen LogP contribution in [-0.2, 0) is 19.2 Å². The Bertz CT molecular complexity index is 355. The molecule has 0 aromatic rings. The monoisotopic (exact) mass is 247 g/mol. The number of hydrogen-bond donors (Lipinski definition) is 5. The predicted molar refractivity (Wildman–Crippen MR) is 48.2 cm³/mol. The van der Waals surface area contributed by atoms with Crippen molar-refractivity contribution in [1.29, 1.82) is 0 Å². The molecule has 94 valence electrons. The quantitative estimate of drug-likeness (QED) is 0.374. The highest BCUT2D eigenvalue weighted by atomic mass is 16.4. The molecule has 0 radical (unpaired) electrons. The Morgan fingerprint density at radius 2 is 0.941 bits per heavy atom. The molecule has 0 bridgehead atoms. The molecule has 1 aliphatic heterocycles. The van der Waals surface area contributed by atoms with Gasteiger partial charge in [0.1, 0.15) is 12.1 Å². The molecule has 0 aromatic heterocycles. The van der Waals surface area contributed by atoms with Gasteiger partial charge in [0.2, 0.25) is 0 Å². The lowest BCUT2D eigenvalue weighted by Gasteiger charge is -2.14. The van der Waals surface area contributed by atoms with Crippen LogP contribution in [0.3, 0.4) is 0 Å². The van der Waals surface area contributed by atoms with Gasteiger partial charge in [-0.05, 0) is 0 Å². The van der Waals surface area contributed by atoms with Crippen molar-refractivity contribution in [1.82, 2.24) is 5.32 Å². The van der Waals surface area contributed by atoms with Gasteiger partial charge in [0.15, 0.2) is 0 Å². The molecule has 0 aromatic carbocycles. The first kappa shape index (κ1) is 12.9. The van der Waals surface area contributed by atoms with Crippen LogP contribution in [-0.4, -0.2) is 56.4 Å². The van der Waals surface area contributed by atoms with Crippen molar-refractivity contribution >= 4 is 23.9 Å². The summed E-state index contributed by atoms with van der Waals surface area (Å²) in [6.07, 6.45) is 0. The van der Waals surface area contributed by atoms with Gasteiger partial charge in [0, 0.05) is 0 Å². The second kappa shape index (κ2) is 4.37. The van der Waals surface area contributed by atoms with Crippen molar-refractivity contribution in [3.63, 3.8) is 0 Å². The number of carboxylic acids is 4. The van der Waals surface area contributed by atoms with Crippen LogP contribution in [0.4, 0.5) is 0 Å². The molecule has 5 N–H and O–H groups in total. The SMILES string of the molecule is O=C(O)[C@H]1[C@H](C(=O)O)[C@@H](C(=O)O)N[C@@H]1C(=O)O. The lowest BCUT2D eigenvalue weighted by Crippen LogP contribution is -2.42. The van der Waals surface area contributed by atoms with Gasteiger partial charge in [0.05, 0.1) is 11.8 Å². The largest absolute Gasteiger partial charge is 0.481 e. The molecule has 9 nitrogen and oxygen atoms in total. The zero-order chi connectivity index (χ0) is 13.3. The first-order chi connectivity index (χ1) is 7.77. The van der Waals surface area contributed by atoms with Crippen molar-refractivity contribution < 1.29 is 39.6 Å². The molecular weight excluding hydrogens is 238 g/mol. The van der Waals surface area contributed by atoms with Crippen LogP contribution in [0, 0.1) is 11.8 Å². The number of carboxylic acid groups (broad SMARTS) is 4. The average Bonchev–Trinajstić information content (AvgIpc) is 2.56. The Balaban J connectivity index is 3.17. The van der Waals surface area contributed by atoms with E-state index in [2.05, 4.69) is 0 Å². The van der Waals surface area contributed by atoms with E-state index < -0.39 is 47.8 Å². The summed E-state index contributed by atoms with van der Waals surface area (Å²) in [5.41, 5.74) is 0. The molecule has 0 aliphatic carbocycles. The number of nitrogens with one attached hydrogen (secondary N) is 1. The highest BCUT2D eigenvalue weighted by molar-refractivity contribution is 5.93. The van der Waals surface area contributed by atoms with Crippen LogP contribution in [0.15, 0.2) is 0 Å². The van der Waals surface area contributed by atoms with Crippen LogP contribution in [0.1, 0.15) is 0 Å². The molecule has 1 fully saturated rings. The zero-order valence-electron chi connectivity index (χ0n) is 8.23. The predicted octanol–water partition coefficient (Wildman–Crippen LogP) is -2.10. The van der Waals surface area contributed by atoms with Gasteiger partial charge in [-0.2, -0.15) is 0 Å². The van der Waals surface area contributed by atoms with E-state index in [4.69, 9.17) is 20.4 Å². The maximum Gasteiger partial charge on any atom is 0.321 e. The van der Waals surface area contributed by atoms with Crippen LogP contribution in [0.5, 0.6) is 0 Å². The molecule has 0 saturated carbocycles. The molecule has 4 atom stereocenters. The Kier molecular flexibility index (Phi) is 3.32. The van der Waals surface area contributed by atoms with Crippen LogP contribution < -0.4 is 5.32 Å². The van der Waals surface area contributed by atoms with E-state index in [0.717, 1.165) is 0 Å². The first-order valence-electron chi connectivity index (χ1n) is 4.44. The molecule has 1 saturated heterocycles. The summed E-state index contributed by atoms with van der Waals surface area (Å²) in [6.45, 7) is 0. The molecule has 0 spiro atoms. The van der Waals surface area contributed by atoms with Crippen molar-refractivity contribution in [3.8, 4) is 0 Å². The summed E-state index contributed by atoms with van der Waals surface area (Å²) in [4.78, 5) is 43.2. The molecule has 0 unspecified atom stereocenters. The van der Waals surface area contributed by atoms with Gasteiger partial charge in [0.25, 0.3) is 0 Å². The molecule has 0 amide bonds. The molecule has 1 heterocycles. The van der Waals surface area contributed by atoms with Crippen LogP contribution >= 0.6 is 0 Å². The highest BCUT2D eigenvalue weighted by Gasteiger charge is 2.56. The number of rotatable bonds is 4. The maximum atomic E-state index is 10.8. The minimum atomic E-state index is -1.83. The van der Waals surface area contributed by atoms with E-state index in [1.165, 1.54) is 0 Å².